The van der Waals surface area contributed by atoms with Gasteiger partial charge in [-0.1, -0.05) is 17.7 Å². The van der Waals surface area contributed by atoms with E-state index in [0.29, 0.717) is 18.6 Å². The van der Waals surface area contributed by atoms with Crippen LogP contribution in [-0.4, -0.2) is 15.6 Å². The first kappa shape index (κ1) is 14.5. The van der Waals surface area contributed by atoms with E-state index in [1.165, 1.54) is 24.6 Å². The summed E-state index contributed by atoms with van der Waals surface area (Å²) in [5, 5.41) is 3.78. The van der Waals surface area contributed by atoms with E-state index in [1.54, 1.807) is 12.1 Å². The average molecular weight is 308 g/mol. The first-order valence-corrected chi connectivity index (χ1v) is 7.71. The Morgan fingerprint density at radius 3 is 3.05 bits per heavy atom. The van der Waals surface area contributed by atoms with Crippen molar-refractivity contribution in [3.63, 3.8) is 0 Å². The van der Waals surface area contributed by atoms with Gasteiger partial charge < -0.3 is 9.88 Å². The van der Waals surface area contributed by atoms with Gasteiger partial charge in [-0.05, 0) is 43.9 Å². The van der Waals surface area contributed by atoms with Crippen LogP contribution in [0.3, 0.4) is 0 Å². The fourth-order valence-electron chi connectivity index (χ4n) is 2.96. The minimum atomic E-state index is -0.381. The number of rotatable bonds is 3. The first-order chi connectivity index (χ1) is 10.1. The maximum absolute atomic E-state index is 13.2. The fourth-order valence-corrected chi connectivity index (χ4v) is 3.16. The van der Waals surface area contributed by atoms with Gasteiger partial charge in [0.1, 0.15) is 5.82 Å². The molecule has 5 heteroatoms. The Labute approximate surface area is 129 Å². The van der Waals surface area contributed by atoms with Crippen molar-refractivity contribution in [2.24, 2.45) is 0 Å². The van der Waals surface area contributed by atoms with E-state index >= 15 is 0 Å². The summed E-state index contributed by atoms with van der Waals surface area (Å²) in [6.07, 6.45) is 7.32. The highest BCUT2D eigenvalue weighted by Crippen LogP contribution is 2.26. The summed E-state index contributed by atoms with van der Waals surface area (Å²) in [4.78, 5) is 4.27. The Hall–Kier alpha value is -1.39. The Balaban J connectivity index is 1.80. The molecular formula is C16H19ClFN3. The third-order valence-electron chi connectivity index (χ3n) is 4.05. The molecule has 1 saturated heterocycles. The minimum absolute atomic E-state index is 0.165. The summed E-state index contributed by atoms with van der Waals surface area (Å²) >= 11 is 5.85. The largest absolute Gasteiger partial charge is 0.329 e. The van der Waals surface area contributed by atoms with E-state index in [2.05, 4.69) is 21.8 Å². The van der Waals surface area contributed by atoms with Crippen LogP contribution in [0.15, 0.2) is 30.7 Å². The van der Waals surface area contributed by atoms with Crippen molar-refractivity contribution in [3.8, 4) is 0 Å². The van der Waals surface area contributed by atoms with Crippen molar-refractivity contribution in [3.05, 3.63) is 52.8 Å². The number of nitrogens with zero attached hydrogens (tertiary/aromatic N) is 2. The van der Waals surface area contributed by atoms with Gasteiger partial charge in [-0.25, -0.2) is 9.37 Å². The summed E-state index contributed by atoms with van der Waals surface area (Å²) in [6, 6.07) is 5.73. The Kier molecular flexibility index (Phi) is 4.27. The molecule has 2 aromatic rings. The van der Waals surface area contributed by atoms with E-state index < -0.39 is 0 Å². The monoisotopic (exact) mass is 307 g/mol. The van der Waals surface area contributed by atoms with Gasteiger partial charge in [-0.3, -0.25) is 0 Å². The van der Waals surface area contributed by atoms with Crippen LogP contribution in [-0.2, 0) is 6.54 Å². The van der Waals surface area contributed by atoms with Gasteiger partial charge in [0, 0.05) is 24.8 Å². The van der Waals surface area contributed by atoms with Crippen LogP contribution >= 0.6 is 11.6 Å². The molecule has 2 atom stereocenters. The highest BCUT2D eigenvalue weighted by Gasteiger charge is 2.22. The van der Waals surface area contributed by atoms with Crippen molar-refractivity contribution < 1.29 is 4.39 Å². The third kappa shape index (κ3) is 3.27. The number of aromatic nitrogens is 2. The molecule has 0 radical (unpaired) electrons. The molecule has 1 N–H and O–H groups in total. The zero-order chi connectivity index (χ0) is 14.8. The van der Waals surface area contributed by atoms with Gasteiger partial charge in [0.2, 0.25) is 0 Å². The molecule has 0 bridgehead atoms. The Morgan fingerprint density at radius 2 is 2.29 bits per heavy atom. The number of hydrogen-bond donors (Lipinski definition) is 1. The molecule has 3 nitrogen and oxygen atoms in total. The predicted octanol–water partition coefficient (Wildman–Crippen LogP) is 3.93. The zero-order valence-corrected chi connectivity index (χ0v) is 12.8. The van der Waals surface area contributed by atoms with Crippen LogP contribution in [0.1, 0.15) is 43.5 Å². The molecule has 0 spiro atoms. The second-order valence-electron chi connectivity index (χ2n) is 5.75. The van der Waals surface area contributed by atoms with Gasteiger partial charge in [-0.2, -0.15) is 0 Å². The number of hydrogen-bond acceptors (Lipinski definition) is 2. The molecule has 0 amide bonds. The summed E-state index contributed by atoms with van der Waals surface area (Å²) in [5.41, 5.74) is 2.16. The quantitative estimate of drug-likeness (QED) is 0.931. The highest BCUT2D eigenvalue weighted by molar-refractivity contribution is 6.30. The smallest absolute Gasteiger partial charge is 0.141 e. The summed E-state index contributed by atoms with van der Waals surface area (Å²) < 4.78 is 15.3. The van der Waals surface area contributed by atoms with E-state index in [-0.39, 0.29) is 10.8 Å². The molecule has 0 saturated carbocycles. The molecular weight excluding hydrogens is 289 g/mol. The predicted molar refractivity (Wildman–Crippen MR) is 81.9 cm³/mol. The second-order valence-corrected chi connectivity index (χ2v) is 6.15. The number of nitrogens with one attached hydrogen (secondary N) is 1. The number of benzene rings is 1. The van der Waals surface area contributed by atoms with Crippen LogP contribution in [0.25, 0.3) is 0 Å². The van der Waals surface area contributed by atoms with Crippen LogP contribution in [0, 0.1) is 5.82 Å². The lowest BCUT2D eigenvalue weighted by molar-refractivity contribution is 0.330. The maximum atomic E-state index is 13.2. The van der Waals surface area contributed by atoms with Gasteiger partial charge in [0.15, 0.2) is 0 Å². The minimum Gasteiger partial charge on any atom is -0.329 e. The molecule has 112 valence electrons. The van der Waals surface area contributed by atoms with Crippen molar-refractivity contribution in [1.82, 2.24) is 14.9 Å². The standard InChI is InChI=1S/C16H19ClFN3/c1-11-3-2-4-15(20-11)16-8-19-10-21(16)9-12-5-6-14(18)13(17)7-12/h5-8,10-11,15,20H,2-4,9H2,1H3. The van der Waals surface area contributed by atoms with Gasteiger partial charge in [-0.15, -0.1) is 0 Å². The highest BCUT2D eigenvalue weighted by atomic mass is 35.5. The van der Waals surface area contributed by atoms with E-state index in [4.69, 9.17) is 11.6 Å². The zero-order valence-electron chi connectivity index (χ0n) is 12.0. The van der Waals surface area contributed by atoms with Crippen LogP contribution in [0.4, 0.5) is 4.39 Å². The molecule has 21 heavy (non-hydrogen) atoms. The molecule has 2 unspecified atom stereocenters. The SMILES string of the molecule is CC1CCCC(c2cncn2Cc2ccc(F)c(Cl)c2)N1. The van der Waals surface area contributed by atoms with Crippen LogP contribution < -0.4 is 5.32 Å². The molecule has 2 heterocycles. The molecule has 1 aliphatic rings. The first-order valence-electron chi connectivity index (χ1n) is 7.33. The number of halogens is 2. The summed E-state index contributed by atoms with van der Waals surface area (Å²) in [7, 11) is 0. The topological polar surface area (TPSA) is 29.9 Å². The molecule has 1 aromatic carbocycles. The van der Waals surface area contributed by atoms with Gasteiger partial charge in [0.25, 0.3) is 0 Å². The summed E-state index contributed by atoms with van der Waals surface area (Å²) in [5.74, 6) is -0.381. The van der Waals surface area contributed by atoms with Crippen LogP contribution in [0.5, 0.6) is 0 Å². The molecule has 0 aliphatic carbocycles. The molecule has 3 rings (SSSR count). The lowest BCUT2D eigenvalue weighted by Crippen LogP contribution is -2.35. The lowest BCUT2D eigenvalue weighted by Gasteiger charge is -2.29. The normalized spacial score (nSPS) is 22.4. The fraction of sp³-hybridized carbons (Fsp3) is 0.438. The average Bonchev–Trinajstić information content (AvgIpc) is 2.91. The van der Waals surface area contributed by atoms with E-state index in [9.17, 15) is 4.39 Å². The van der Waals surface area contributed by atoms with Gasteiger partial charge >= 0.3 is 0 Å². The Morgan fingerprint density at radius 1 is 1.43 bits per heavy atom. The van der Waals surface area contributed by atoms with Crippen LogP contribution in [0.2, 0.25) is 5.02 Å². The van der Waals surface area contributed by atoms with E-state index in [0.717, 1.165) is 12.0 Å². The third-order valence-corrected chi connectivity index (χ3v) is 4.34. The van der Waals surface area contributed by atoms with E-state index in [1.807, 2.05) is 12.5 Å². The van der Waals surface area contributed by atoms with Gasteiger partial charge in [0.05, 0.1) is 17.0 Å². The maximum Gasteiger partial charge on any atom is 0.141 e. The molecule has 1 aliphatic heterocycles. The lowest BCUT2D eigenvalue weighted by atomic mass is 9.97. The molecule has 1 fully saturated rings. The summed E-state index contributed by atoms with van der Waals surface area (Å²) in [6.45, 7) is 2.87. The second kappa shape index (κ2) is 6.16. The number of piperidine rings is 1. The van der Waals surface area contributed by atoms with Crippen molar-refractivity contribution in [2.45, 2.75) is 44.8 Å². The number of imidazole rings is 1. The molecule has 1 aromatic heterocycles. The van der Waals surface area contributed by atoms with Crippen molar-refractivity contribution >= 4 is 11.6 Å². The van der Waals surface area contributed by atoms with Crippen molar-refractivity contribution in [1.29, 1.82) is 0 Å². The Bertz CT molecular complexity index is 626. The van der Waals surface area contributed by atoms with Crippen molar-refractivity contribution in [2.75, 3.05) is 0 Å².